The van der Waals surface area contributed by atoms with Crippen LogP contribution in [0.5, 0.6) is 0 Å². The summed E-state index contributed by atoms with van der Waals surface area (Å²) in [5.41, 5.74) is 2.17. The van der Waals surface area contributed by atoms with Crippen LogP contribution in [-0.2, 0) is 18.4 Å². The molecule has 0 unspecified atom stereocenters. The van der Waals surface area contributed by atoms with E-state index < -0.39 is 0 Å². The molecule has 1 saturated carbocycles. The SMILES string of the molecule is Cl.Cn1cc([C@H]2CNC[C@@H]2C(=O)N(Cc2ccccc2Cl)C2CCCC2)cn1. The van der Waals surface area contributed by atoms with Gasteiger partial charge in [-0.25, -0.2) is 0 Å². The van der Waals surface area contributed by atoms with Crippen molar-refractivity contribution in [1.29, 1.82) is 0 Å². The second-order valence-corrected chi connectivity index (χ2v) is 8.22. The van der Waals surface area contributed by atoms with Crippen LogP contribution < -0.4 is 5.32 Å². The Hall–Kier alpha value is -1.56. The molecule has 5 nitrogen and oxygen atoms in total. The number of nitrogens with zero attached hydrogens (tertiary/aromatic N) is 3. The summed E-state index contributed by atoms with van der Waals surface area (Å²) in [7, 11) is 1.92. The van der Waals surface area contributed by atoms with E-state index in [9.17, 15) is 4.79 Å². The van der Waals surface area contributed by atoms with Crippen molar-refractivity contribution in [3.63, 3.8) is 0 Å². The van der Waals surface area contributed by atoms with Crippen molar-refractivity contribution in [2.24, 2.45) is 13.0 Å². The zero-order chi connectivity index (χ0) is 18.8. The lowest BCUT2D eigenvalue weighted by atomic mass is 9.89. The highest BCUT2D eigenvalue weighted by atomic mass is 35.5. The van der Waals surface area contributed by atoms with Crippen LogP contribution in [0.4, 0.5) is 0 Å². The molecule has 28 heavy (non-hydrogen) atoms. The maximum absolute atomic E-state index is 13.7. The van der Waals surface area contributed by atoms with Crippen molar-refractivity contribution >= 4 is 29.9 Å². The standard InChI is InChI=1S/C21H27ClN4O.ClH/c1-25-13-16(10-24-25)18-11-23-12-19(18)21(27)26(17-7-3-4-8-17)14-15-6-2-5-9-20(15)22;/h2,5-6,9-10,13,17-19,23H,3-4,7-8,11-12,14H2,1H3;1H/t18-,19+;/m1./s1. The van der Waals surface area contributed by atoms with Gasteiger partial charge in [0.15, 0.2) is 0 Å². The molecule has 2 aliphatic rings. The number of aromatic nitrogens is 2. The van der Waals surface area contributed by atoms with Gasteiger partial charge in [-0.05, 0) is 30.0 Å². The summed E-state index contributed by atoms with van der Waals surface area (Å²) in [6.07, 6.45) is 8.51. The third kappa shape index (κ3) is 4.37. The molecule has 2 fully saturated rings. The number of rotatable bonds is 5. The Balaban J connectivity index is 0.00000225. The van der Waals surface area contributed by atoms with E-state index in [4.69, 9.17) is 11.6 Å². The highest BCUT2D eigenvalue weighted by Crippen LogP contribution is 2.33. The fraction of sp³-hybridized carbons (Fsp3) is 0.524. The minimum Gasteiger partial charge on any atom is -0.335 e. The molecule has 0 radical (unpaired) electrons. The van der Waals surface area contributed by atoms with Gasteiger partial charge in [0.2, 0.25) is 5.91 Å². The van der Waals surface area contributed by atoms with Crippen LogP contribution in [0.1, 0.15) is 42.7 Å². The Bertz CT molecular complexity index is 803. The summed E-state index contributed by atoms with van der Waals surface area (Å²) in [6.45, 7) is 2.15. The Morgan fingerprint density at radius 1 is 1.29 bits per heavy atom. The molecule has 1 aliphatic heterocycles. The molecule has 152 valence electrons. The highest BCUT2D eigenvalue weighted by Gasteiger charge is 2.39. The number of hydrogen-bond donors (Lipinski definition) is 1. The number of benzene rings is 1. The van der Waals surface area contributed by atoms with Crippen LogP contribution in [0.15, 0.2) is 36.7 Å². The second-order valence-electron chi connectivity index (χ2n) is 7.81. The van der Waals surface area contributed by atoms with E-state index in [-0.39, 0.29) is 30.2 Å². The van der Waals surface area contributed by atoms with Crippen molar-refractivity contribution in [3.8, 4) is 0 Å². The van der Waals surface area contributed by atoms with E-state index >= 15 is 0 Å². The van der Waals surface area contributed by atoms with Crippen LogP contribution in [0.2, 0.25) is 5.02 Å². The smallest absolute Gasteiger partial charge is 0.228 e. The first kappa shape index (κ1) is 21.2. The molecule has 4 rings (SSSR count). The number of nitrogens with one attached hydrogen (secondary N) is 1. The zero-order valence-electron chi connectivity index (χ0n) is 16.2. The molecule has 1 amide bonds. The molecule has 1 aromatic carbocycles. The Morgan fingerprint density at radius 2 is 2.04 bits per heavy atom. The van der Waals surface area contributed by atoms with Gasteiger partial charge in [0.1, 0.15) is 0 Å². The number of halogens is 2. The van der Waals surface area contributed by atoms with Crippen LogP contribution in [-0.4, -0.2) is 39.7 Å². The van der Waals surface area contributed by atoms with Crippen molar-refractivity contribution in [2.45, 2.75) is 44.2 Å². The number of aryl methyl sites for hydroxylation is 1. The maximum Gasteiger partial charge on any atom is 0.228 e. The Morgan fingerprint density at radius 3 is 2.71 bits per heavy atom. The van der Waals surface area contributed by atoms with Crippen LogP contribution in [0.3, 0.4) is 0 Å². The van der Waals surface area contributed by atoms with E-state index in [2.05, 4.69) is 15.3 Å². The van der Waals surface area contributed by atoms with E-state index in [0.29, 0.717) is 12.6 Å². The number of hydrogen-bond acceptors (Lipinski definition) is 3. The quantitative estimate of drug-likeness (QED) is 0.797. The fourth-order valence-electron chi connectivity index (χ4n) is 4.55. The van der Waals surface area contributed by atoms with Gasteiger partial charge >= 0.3 is 0 Å². The van der Waals surface area contributed by atoms with Crippen molar-refractivity contribution in [1.82, 2.24) is 20.0 Å². The highest BCUT2D eigenvalue weighted by molar-refractivity contribution is 6.31. The lowest BCUT2D eigenvalue weighted by molar-refractivity contribution is -0.138. The lowest BCUT2D eigenvalue weighted by Gasteiger charge is -2.33. The molecule has 1 N–H and O–H groups in total. The first-order valence-corrected chi connectivity index (χ1v) is 10.2. The number of carbonyl (C=O) groups excluding carboxylic acids is 1. The van der Waals surface area contributed by atoms with E-state index in [1.165, 1.54) is 12.8 Å². The average molecular weight is 423 g/mol. The predicted molar refractivity (Wildman–Crippen MR) is 114 cm³/mol. The molecule has 1 aliphatic carbocycles. The van der Waals surface area contributed by atoms with Gasteiger partial charge in [0, 0.05) is 49.9 Å². The maximum atomic E-state index is 13.7. The van der Waals surface area contributed by atoms with Gasteiger partial charge in [-0.15, -0.1) is 12.4 Å². The molecule has 2 atom stereocenters. The van der Waals surface area contributed by atoms with Crippen LogP contribution >= 0.6 is 24.0 Å². The van der Waals surface area contributed by atoms with Crippen LogP contribution in [0.25, 0.3) is 0 Å². The summed E-state index contributed by atoms with van der Waals surface area (Å²) < 4.78 is 1.81. The first-order valence-electron chi connectivity index (χ1n) is 9.86. The summed E-state index contributed by atoms with van der Waals surface area (Å²) in [5.74, 6) is 0.388. The van der Waals surface area contributed by atoms with Gasteiger partial charge in [-0.2, -0.15) is 5.10 Å². The monoisotopic (exact) mass is 422 g/mol. The molecule has 1 saturated heterocycles. The molecule has 2 aromatic rings. The van der Waals surface area contributed by atoms with Crippen molar-refractivity contribution < 1.29 is 4.79 Å². The summed E-state index contributed by atoms with van der Waals surface area (Å²) in [4.78, 5) is 15.8. The van der Waals surface area contributed by atoms with Gasteiger partial charge in [-0.3, -0.25) is 9.48 Å². The van der Waals surface area contributed by atoms with E-state index in [1.54, 1.807) is 0 Å². The van der Waals surface area contributed by atoms with E-state index in [1.807, 2.05) is 48.4 Å². The average Bonchev–Trinajstić information content (AvgIpc) is 3.41. The molecular weight excluding hydrogens is 395 g/mol. The number of carbonyl (C=O) groups is 1. The lowest BCUT2D eigenvalue weighted by Crippen LogP contribution is -2.43. The summed E-state index contributed by atoms with van der Waals surface area (Å²) in [5, 5.41) is 8.46. The van der Waals surface area contributed by atoms with Gasteiger partial charge in [0.05, 0.1) is 12.1 Å². The normalized spacial score (nSPS) is 22.2. The van der Waals surface area contributed by atoms with Crippen molar-refractivity contribution in [3.05, 3.63) is 52.8 Å². The summed E-state index contributed by atoms with van der Waals surface area (Å²) >= 11 is 6.41. The Labute approximate surface area is 177 Å². The number of amides is 1. The first-order chi connectivity index (χ1) is 13.1. The summed E-state index contributed by atoms with van der Waals surface area (Å²) in [6, 6.07) is 8.19. The molecule has 0 bridgehead atoms. The second kappa shape index (κ2) is 9.29. The van der Waals surface area contributed by atoms with Crippen molar-refractivity contribution in [2.75, 3.05) is 13.1 Å². The minimum absolute atomic E-state index is 0. The van der Waals surface area contributed by atoms with Gasteiger partial charge < -0.3 is 10.2 Å². The third-order valence-electron chi connectivity index (χ3n) is 6.03. The van der Waals surface area contributed by atoms with Gasteiger partial charge in [0.25, 0.3) is 0 Å². The third-order valence-corrected chi connectivity index (χ3v) is 6.40. The largest absolute Gasteiger partial charge is 0.335 e. The molecule has 7 heteroatoms. The molecular formula is C21H28Cl2N4O. The topological polar surface area (TPSA) is 50.2 Å². The van der Waals surface area contributed by atoms with E-state index in [0.717, 1.165) is 42.1 Å². The molecule has 0 spiro atoms. The zero-order valence-corrected chi connectivity index (χ0v) is 17.8. The molecule has 2 heterocycles. The predicted octanol–water partition coefficient (Wildman–Crippen LogP) is 3.77. The molecule has 1 aromatic heterocycles. The van der Waals surface area contributed by atoms with Gasteiger partial charge in [-0.1, -0.05) is 42.6 Å². The minimum atomic E-state index is -0.0442. The Kier molecular flexibility index (Phi) is 7.02. The fourth-order valence-corrected chi connectivity index (χ4v) is 4.74. The van der Waals surface area contributed by atoms with Crippen LogP contribution in [0, 0.1) is 5.92 Å².